The normalized spacial score (nSPS) is 10.7. The number of thiazole rings is 1. The molecular formula is C16H16N4S. The van der Waals surface area contributed by atoms with E-state index in [1.807, 2.05) is 12.1 Å². The average Bonchev–Trinajstić information content (AvgIpc) is 2.93. The standard InChI is InChI=1S/C16H16N4S/c1-16(2,3)14-10-21-15(20-14)9-19-13-5-4-11(7-17)12(6-13)8-18/h4-6,10,19H,9H2,1-3H3. The van der Waals surface area contributed by atoms with Gasteiger partial charge in [-0.15, -0.1) is 11.3 Å². The first-order valence-electron chi connectivity index (χ1n) is 6.57. The molecule has 0 spiro atoms. The summed E-state index contributed by atoms with van der Waals surface area (Å²) in [6.07, 6.45) is 0. The van der Waals surface area contributed by atoms with E-state index in [-0.39, 0.29) is 5.41 Å². The molecule has 0 saturated carbocycles. The van der Waals surface area contributed by atoms with E-state index >= 15 is 0 Å². The Labute approximate surface area is 128 Å². The molecule has 0 amide bonds. The Hall–Kier alpha value is -2.37. The van der Waals surface area contributed by atoms with Crippen LogP contribution in [0.25, 0.3) is 0 Å². The van der Waals surface area contributed by atoms with E-state index < -0.39 is 0 Å². The van der Waals surface area contributed by atoms with Gasteiger partial charge in [-0.1, -0.05) is 20.8 Å². The van der Waals surface area contributed by atoms with Crippen molar-refractivity contribution in [2.45, 2.75) is 32.7 Å². The average molecular weight is 296 g/mol. The molecule has 4 nitrogen and oxygen atoms in total. The van der Waals surface area contributed by atoms with Crippen LogP contribution < -0.4 is 5.32 Å². The number of aromatic nitrogens is 1. The van der Waals surface area contributed by atoms with Crippen LogP contribution in [-0.2, 0) is 12.0 Å². The maximum atomic E-state index is 9.01. The molecule has 5 heteroatoms. The number of nitrogens with zero attached hydrogens (tertiary/aromatic N) is 3. The third kappa shape index (κ3) is 3.59. The zero-order chi connectivity index (χ0) is 15.5. The second-order valence-corrected chi connectivity index (χ2v) is 6.66. The number of nitrogens with one attached hydrogen (secondary N) is 1. The molecule has 0 unspecified atom stereocenters. The van der Waals surface area contributed by atoms with Crippen LogP contribution in [0, 0.1) is 22.7 Å². The molecule has 0 aliphatic carbocycles. The van der Waals surface area contributed by atoms with Crippen LogP contribution in [0.4, 0.5) is 5.69 Å². The fourth-order valence-electron chi connectivity index (χ4n) is 1.76. The maximum Gasteiger partial charge on any atom is 0.112 e. The molecule has 0 atom stereocenters. The Kier molecular flexibility index (Phi) is 4.26. The Morgan fingerprint density at radius 2 is 1.90 bits per heavy atom. The van der Waals surface area contributed by atoms with Gasteiger partial charge in [0.05, 0.1) is 23.4 Å². The highest BCUT2D eigenvalue weighted by molar-refractivity contribution is 7.09. The smallest absolute Gasteiger partial charge is 0.112 e. The van der Waals surface area contributed by atoms with Crippen molar-refractivity contribution in [3.8, 4) is 12.1 Å². The van der Waals surface area contributed by atoms with Crippen LogP contribution in [0.15, 0.2) is 23.6 Å². The fourth-order valence-corrected chi connectivity index (χ4v) is 2.72. The molecule has 0 aliphatic rings. The van der Waals surface area contributed by atoms with Gasteiger partial charge in [-0.05, 0) is 18.2 Å². The van der Waals surface area contributed by atoms with Crippen LogP contribution in [0.2, 0.25) is 0 Å². The molecule has 0 radical (unpaired) electrons. The monoisotopic (exact) mass is 296 g/mol. The van der Waals surface area contributed by atoms with Gasteiger partial charge in [-0.2, -0.15) is 10.5 Å². The number of hydrogen-bond donors (Lipinski definition) is 1. The van der Waals surface area contributed by atoms with E-state index in [1.54, 1.807) is 29.5 Å². The van der Waals surface area contributed by atoms with Gasteiger partial charge in [0.1, 0.15) is 17.1 Å². The van der Waals surface area contributed by atoms with Crippen LogP contribution >= 0.6 is 11.3 Å². The SMILES string of the molecule is CC(C)(C)c1csc(CNc2ccc(C#N)c(C#N)c2)n1. The number of rotatable bonds is 3. The first kappa shape index (κ1) is 15.0. The third-order valence-corrected chi connectivity index (χ3v) is 3.87. The Bertz CT molecular complexity index is 726. The van der Waals surface area contributed by atoms with Crippen molar-refractivity contribution in [2.24, 2.45) is 0 Å². The summed E-state index contributed by atoms with van der Waals surface area (Å²) in [4.78, 5) is 4.61. The van der Waals surface area contributed by atoms with Crippen molar-refractivity contribution in [1.29, 1.82) is 10.5 Å². The topological polar surface area (TPSA) is 72.5 Å². The molecule has 1 aromatic carbocycles. The van der Waals surface area contributed by atoms with E-state index in [0.29, 0.717) is 17.7 Å². The zero-order valence-electron chi connectivity index (χ0n) is 12.3. The van der Waals surface area contributed by atoms with Gasteiger partial charge in [0.15, 0.2) is 0 Å². The minimum atomic E-state index is 0.0527. The summed E-state index contributed by atoms with van der Waals surface area (Å²) in [5, 5.41) is 24.2. The van der Waals surface area contributed by atoms with Gasteiger partial charge in [0.25, 0.3) is 0 Å². The van der Waals surface area contributed by atoms with Crippen molar-refractivity contribution in [3.05, 3.63) is 45.4 Å². The minimum Gasteiger partial charge on any atom is -0.378 e. The van der Waals surface area contributed by atoms with E-state index in [2.05, 4.69) is 36.5 Å². The highest BCUT2D eigenvalue weighted by atomic mass is 32.1. The van der Waals surface area contributed by atoms with Crippen molar-refractivity contribution in [1.82, 2.24) is 4.98 Å². The summed E-state index contributed by atoms with van der Waals surface area (Å²) in [6, 6.07) is 9.19. The molecule has 1 N–H and O–H groups in total. The number of benzene rings is 1. The van der Waals surface area contributed by atoms with E-state index in [4.69, 9.17) is 10.5 Å². The summed E-state index contributed by atoms with van der Waals surface area (Å²) in [5.74, 6) is 0. The van der Waals surface area contributed by atoms with Crippen LogP contribution in [-0.4, -0.2) is 4.98 Å². The van der Waals surface area contributed by atoms with Crippen molar-refractivity contribution in [2.75, 3.05) is 5.32 Å². The molecule has 2 aromatic rings. The van der Waals surface area contributed by atoms with Gasteiger partial charge in [-0.25, -0.2) is 4.98 Å². The first-order valence-corrected chi connectivity index (χ1v) is 7.45. The van der Waals surface area contributed by atoms with Crippen LogP contribution in [0.1, 0.15) is 42.6 Å². The second-order valence-electron chi connectivity index (χ2n) is 5.71. The van der Waals surface area contributed by atoms with Crippen molar-refractivity contribution < 1.29 is 0 Å². The summed E-state index contributed by atoms with van der Waals surface area (Å²) in [7, 11) is 0. The van der Waals surface area contributed by atoms with E-state index in [1.165, 1.54) is 0 Å². The predicted molar refractivity (Wildman–Crippen MR) is 84.0 cm³/mol. The summed E-state index contributed by atoms with van der Waals surface area (Å²) in [5.41, 5.74) is 2.74. The molecule has 1 aromatic heterocycles. The lowest BCUT2D eigenvalue weighted by Gasteiger charge is -2.14. The molecule has 21 heavy (non-hydrogen) atoms. The Morgan fingerprint density at radius 3 is 2.48 bits per heavy atom. The summed E-state index contributed by atoms with van der Waals surface area (Å²) >= 11 is 1.62. The number of anilines is 1. The van der Waals surface area contributed by atoms with Gasteiger partial charge >= 0.3 is 0 Å². The fraction of sp³-hybridized carbons (Fsp3) is 0.312. The van der Waals surface area contributed by atoms with Gasteiger partial charge in [0.2, 0.25) is 0 Å². The molecule has 0 saturated heterocycles. The maximum absolute atomic E-state index is 9.01. The highest BCUT2D eigenvalue weighted by Gasteiger charge is 2.17. The molecule has 106 valence electrons. The lowest BCUT2D eigenvalue weighted by molar-refractivity contribution is 0.571. The molecule has 0 fully saturated rings. The lowest BCUT2D eigenvalue weighted by Crippen LogP contribution is -2.11. The molecular weight excluding hydrogens is 280 g/mol. The molecule has 1 heterocycles. The lowest BCUT2D eigenvalue weighted by atomic mass is 9.93. The van der Waals surface area contributed by atoms with Crippen molar-refractivity contribution >= 4 is 17.0 Å². The molecule has 2 rings (SSSR count). The summed E-state index contributed by atoms with van der Waals surface area (Å²) < 4.78 is 0. The molecule has 0 aliphatic heterocycles. The second kappa shape index (κ2) is 5.95. The Balaban J connectivity index is 2.09. The summed E-state index contributed by atoms with van der Waals surface area (Å²) in [6.45, 7) is 7.02. The van der Waals surface area contributed by atoms with Gasteiger partial charge in [0, 0.05) is 16.5 Å². The van der Waals surface area contributed by atoms with E-state index in [0.717, 1.165) is 16.4 Å². The molecule has 0 bridgehead atoms. The Morgan fingerprint density at radius 1 is 1.19 bits per heavy atom. The van der Waals surface area contributed by atoms with Crippen LogP contribution in [0.5, 0.6) is 0 Å². The van der Waals surface area contributed by atoms with E-state index in [9.17, 15) is 0 Å². The van der Waals surface area contributed by atoms with Crippen LogP contribution in [0.3, 0.4) is 0 Å². The number of hydrogen-bond acceptors (Lipinski definition) is 5. The van der Waals surface area contributed by atoms with Gasteiger partial charge in [-0.3, -0.25) is 0 Å². The largest absolute Gasteiger partial charge is 0.378 e. The quantitative estimate of drug-likeness (QED) is 0.935. The number of nitriles is 2. The predicted octanol–water partition coefficient (Wildman–Crippen LogP) is 3.80. The van der Waals surface area contributed by atoms with Crippen molar-refractivity contribution in [3.63, 3.8) is 0 Å². The highest BCUT2D eigenvalue weighted by Crippen LogP contribution is 2.24. The third-order valence-electron chi connectivity index (χ3n) is 3.02. The minimum absolute atomic E-state index is 0.0527. The van der Waals surface area contributed by atoms with Gasteiger partial charge < -0.3 is 5.32 Å². The zero-order valence-corrected chi connectivity index (χ0v) is 13.1. The first-order chi connectivity index (χ1) is 9.94.